The first kappa shape index (κ1) is 12.7. The van der Waals surface area contributed by atoms with Crippen LogP contribution in [0.15, 0.2) is 24.3 Å². The van der Waals surface area contributed by atoms with Gasteiger partial charge in [0.2, 0.25) is 5.91 Å². The van der Waals surface area contributed by atoms with Crippen LogP contribution in [0.25, 0.3) is 0 Å². The maximum absolute atomic E-state index is 11.6. The van der Waals surface area contributed by atoms with E-state index in [0.29, 0.717) is 6.42 Å². The van der Waals surface area contributed by atoms with E-state index >= 15 is 0 Å². The van der Waals surface area contributed by atoms with Crippen molar-refractivity contribution in [2.24, 2.45) is 0 Å². The highest BCUT2D eigenvalue weighted by Crippen LogP contribution is 2.15. The predicted octanol–water partition coefficient (Wildman–Crippen LogP) is 1.37. The lowest BCUT2D eigenvalue weighted by Gasteiger charge is -2.32. The van der Waals surface area contributed by atoms with Crippen molar-refractivity contribution in [3.05, 3.63) is 24.3 Å². The monoisotopic (exact) mass is 249 g/mol. The van der Waals surface area contributed by atoms with Crippen LogP contribution in [-0.2, 0) is 4.79 Å². The summed E-state index contributed by atoms with van der Waals surface area (Å²) in [5.74, 6) is 0.286. The smallest absolute Gasteiger partial charge is 0.224 e. The van der Waals surface area contributed by atoms with Crippen LogP contribution in [0.2, 0.25) is 0 Å². The Bertz CT molecular complexity index is 405. The lowest BCUT2D eigenvalue weighted by atomic mass is 10.1. The molecule has 0 aromatic heterocycles. The predicted molar refractivity (Wildman–Crippen MR) is 70.1 cm³/mol. The minimum Gasteiger partial charge on any atom is -0.508 e. The van der Waals surface area contributed by atoms with Gasteiger partial charge in [-0.3, -0.25) is 10.1 Å². The average Bonchev–Trinajstić information content (AvgIpc) is 2.32. The summed E-state index contributed by atoms with van der Waals surface area (Å²) in [6.45, 7) is 2.11. The maximum atomic E-state index is 11.6. The number of phenols is 1. The number of anilines is 1. The molecule has 5 heteroatoms. The molecule has 1 saturated heterocycles. The van der Waals surface area contributed by atoms with E-state index in [1.165, 1.54) is 0 Å². The van der Waals surface area contributed by atoms with Crippen molar-refractivity contribution in [3.63, 3.8) is 0 Å². The Kier molecular flexibility index (Phi) is 4.04. The molecule has 0 radical (unpaired) electrons. The van der Waals surface area contributed by atoms with E-state index in [-0.39, 0.29) is 24.0 Å². The zero-order valence-corrected chi connectivity index (χ0v) is 10.4. The Morgan fingerprint density at radius 2 is 2.11 bits per heavy atom. The van der Waals surface area contributed by atoms with E-state index in [1.54, 1.807) is 24.3 Å². The van der Waals surface area contributed by atoms with Gasteiger partial charge in [0.05, 0.1) is 0 Å². The van der Waals surface area contributed by atoms with Crippen LogP contribution in [0, 0.1) is 0 Å². The molecular formula is C13H19N3O2. The van der Waals surface area contributed by atoms with E-state index in [2.05, 4.69) is 22.9 Å². The highest BCUT2D eigenvalue weighted by molar-refractivity contribution is 5.78. The van der Waals surface area contributed by atoms with Crippen LogP contribution in [0.4, 0.5) is 5.69 Å². The highest BCUT2D eigenvalue weighted by atomic mass is 16.3. The number of carbonyl (C=O) groups is 1. The van der Waals surface area contributed by atoms with Crippen molar-refractivity contribution in [1.82, 2.24) is 10.6 Å². The van der Waals surface area contributed by atoms with Gasteiger partial charge in [-0.05, 0) is 30.7 Å². The first-order chi connectivity index (χ1) is 8.67. The van der Waals surface area contributed by atoms with Gasteiger partial charge >= 0.3 is 0 Å². The lowest BCUT2D eigenvalue weighted by Crippen LogP contribution is -2.59. The lowest BCUT2D eigenvalue weighted by molar-refractivity contribution is -0.124. The summed E-state index contributed by atoms with van der Waals surface area (Å²) in [6, 6.07) is 6.98. The number of hydrogen-bond acceptors (Lipinski definition) is 4. The number of hydrogen-bond donors (Lipinski definition) is 4. The van der Waals surface area contributed by atoms with E-state index in [1.807, 2.05) is 0 Å². The SMILES string of the molecule is CCCC1CC(=O)NC(Nc2ccc(O)cc2)N1. The Morgan fingerprint density at radius 3 is 2.78 bits per heavy atom. The molecule has 1 aromatic rings. The zero-order chi connectivity index (χ0) is 13.0. The van der Waals surface area contributed by atoms with Crippen molar-refractivity contribution >= 4 is 11.6 Å². The third-order valence-corrected chi connectivity index (χ3v) is 2.95. The number of carbonyl (C=O) groups excluding carboxylic acids is 1. The minimum atomic E-state index is -0.257. The fourth-order valence-corrected chi connectivity index (χ4v) is 2.12. The third kappa shape index (κ3) is 3.37. The quantitative estimate of drug-likeness (QED) is 0.608. The molecule has 2 unspecified atom stereocenters. The molecule has 1 aliphatic rings. The Hall–Kier alpha value is -1.75. The van der Waals surface area contributed by atoms with Crippen LogP contribution in [-0.4, -0.2) is 23.3 Å². The van der Waals surface area contributed by atoms with Crippen LogP contribution in [0.3, 0.4) is 0 Å². The number of aromatic hydroxyl groups is 1. The van der Waals surface area contributed by atoms with Crippen LogP contribution in [0.5, 0.6) is 5.75 Å². The Balaban J connectivity index is 1.95. The van der Waals surface area contributed by atoms with E-state index in [9.17, 15) is 9.90 Å². The molecule has 5 nitrogen and oxygen atoms in total. The second-order valence-corrected chi connectivity index (χ2v) is 4.55. The molecule has 1 heterocycles. The second-order valence-electron chi connectivity index (χ2n) is 4.55. The van der Waals surface area contributed by atoms with Gasteiger partial charge in [0.25, 0.3) is 0 Å². The Morgan fingerprint density at radius 1 is 1.39 bits per heavy atom. The number of rotatable bonds is 4. The first-order valence-electron chi connectivity index (χ1n) is 6.28. The van der Waals surface area contributed by atoms with E-state index in [0.717, 1.165) is 18.5 Å². The van der Waals surface area contributed by atoms with Gasteiger partial charge in [0.15, 0.2) is 6.29 Å². The van der Waals surface area contributed by atoms with Gasteiger partial charge in [-0.1, -0.05) is 13.3 Å². The largest absolute Gasteiger partial charge is 0.508 e. The summed E-state index contributed by atoms with van der Waals surface area (Å²) >= 11 is 0. The molecule has 0 aliphatic carbocycles. The fourth-order valence-electron chi connectivity index (χ4n) is 2.12. The van der Waals surface area contributed by atoms with Gasteiger partial charge in [0, 0.05) is 18.2 Å². The summed E-state index contributed by atoms with van der Waals surface area (Å²) in [7, 11) is 0. The number of nitrogens with one attached hydrogen (secondary N) is 3. The normalized spacial score (nSPS) is 23.5. The van der Waals surface area contributed by atoms with Gasteiger partial charge in [-0.25, -0.2) is 0 Å². The van der Waals surface area contributed by atoms with E-state index in [4.69, 9.17) is 0 Å². The van der Waals surface area contributed by atoms with Crippen LogP contribution >= 0.6 is 0 Å². The van der Waals surface area contributed by atoms with Crippen LogP contribution in [0.1, 0.15) is 26.2 Å². The third-order valence-electron chi connectivity index (χ3n) is 2.95. The number of amides is 1. The fraction of sp³-hybridized carbons (Fsp3) is 0.462. The topological polar surface area (TPSA) is 73.4 Å². The number of phenolic OH excluding ortho intramolecular Hbond substituents is 1. The molecule has 4 N–H and O–H groups in total. The molecule has 0 spiro atoms. The molecule has 1 aliphatic heterocycles. The molecule has 2 rings (SSSR count). The molecule has 1 fully saturated rings. The van der Waals surface area contributed by atoms with Crippen molar-refractivity contribution in [1.29, 1.82) is 0 Å². The van der Waals surface area contributed by atoms with Crippen LogP contribution < -0.4 is 16.0 Å². The van der Waals surface area contributed by atoms with Gasteiger partial charge < -0.3 is 15.7 Å². The van der Waals surface area contributed by atoms with Gasteiger partial charge in [-0.2, -0.15) is 0 Å². The molecule has 2 atom stereocenters. The summed E-state index contributed by atoms with van der Waals surface area (Å²) in [5.41, 5.74) is 0.850. The molecule has 0 bridgehead atoms. The maximum Gasteiger partial charge on any atom is 0.224 e. The standard InChI is InChI=1S/C13H19N3O2/c1-2-3-10-8-12(18)16-13(15-10)14-9-4-6-11(17)7-5-9/h4-7,10,13-15,17H,2-3,8H2,1H3,(H,16,18). The summed E-state index contributed by atoms with van der Waals surface area (Å²) in [6.07, 6.45) is 2.31. The average molecular weight is 249 g/mol. The zero-order valence-electron chi connectivity index (χ0n) is 10.4. The number of benzene rings is 1. The van der Waals surface area contributed by atoms with Gasteiger partial charge in [0.1, 0.15) is 5.75 Å². The molecule has 98 valence electrons. The molecule has 18 heavy (non-hydrogen) atoms. The van der Waals surface area contributed by atoms with E-state index < -0.39 is 0 Å². The second kappa shape index (κ2) is 5.73. The molecule has 0 saturated carbocycles. The first-order valence-corrected chi connectivity index (χ1v) is 6.28. The van der Waals surface area contributed by atoms with Crippen molar-refractivity contribution in [2.75, 3.05) is 5.32 Å². The van der Waals surface area contributed by atoms with Crippen molar-refractivity contribution in [3.8, 4) is 5.75 Å². The molecule has 1 aromatic carbocycles. The Labute approximate surface area is 107 Å². The summed E-state index contributed by atoms with van der Waals surface area (Å²) < 4.78 is 0. The highest BCUT2D eigenvalue weighted by Gasteiger charge is 2.24. The van der Waals surface area contributed by atoms with Crippen molar-refractivity contribution in [2.45, 2.75) is 38.5 Å². The summed E-state index contributed by atoms with van der Waals surface area (Å²) in [5, 5.41) is 18.6. The molecular weight excluding hydrogens is 230 g/mol. The van der Waals surface area contributed by atoms with Gasteiger partial charge in [-0.15, -0.1) is 0 Å². The summed E-state index contributed by atoms with van der Waals surface area (Å²) in [4.78, 5) is 11.6. The minimum absolute atomic E-state index is 0.0588. The van der Waals surface area contributed by atoms with Crippen molar-refractivity contribution < 1.29 is 9.90 Å². The molecule has 1 amide bonds.